The molecule has 1 aromatic carbocycles. The van der Waals surface area contributed by atoms with Crippen molar-refractivity contribution in [2.75, 3.05) is 0 Å². The molecule has 2 aliphatic heterocycles. The van der Waals surface area contributed by atoms with E-state index in [0.717, 1.165) is 11.1 Å². The minimum atomic E-state index is -0.456. The minimum Gasteiger partial charge on any atom is -0.407 e. The highest BCUT2D eigenvalue weighted by atomic mass is 16.6. The van der Waals surface area contributed by atoms with Crippen molar-refractivity contribution < 1.29 is 19.1 Å². The van der Waals surface area contributed by atoms with Crippen molar-refractivity contribution in [1.29, 1.82) is 0 Å². The second kappa shape index (κ2) is 5.40. The first kappa shape index (κ1) is 13.9. The van der Waals surface area contributed by atoms with Gasteiger partial charge in [0.2, 0.25) is 0 Å². The SMILES string of the molecule is CC1=N/C(=C\c2ccc(/C=C3/N=C(C)OC3=O)cc2)C(=O)O1. The Kier molecular flexibility index (Phi) is 3.42. The van der Waals surface area contributed by atoms with Crippen LogP contribution in [-0.2, 0) is 19.1 Å². The van der Waals surface area contributed by atoms with Gasteiger partial charge in [0.15, 0.2) is 23.2 Å². The first-order chi connectivity index (χ1) is 10.5. The molecule has 6 nitrogen and oxygen atoms in total. The van der Waals surface area contributed by atoms with E-state index in [1.54, 1.807) is 26.0 Å². The number of esters is 2. The number of carbonyl (C=O) groups excluding carboxylic acids is 2. The van der Waals surface area contributed by atoms with Crippen LogP contribution in [0.3, 0.4) is 0 Å². The van der Waals surface area contributed by atoms with Crippen LogP contribution in [-0.4, -0.2) is 23.7 Å². The molecule has 0 bridgehead atoms. The van der Waals surface area contributed by atoms with E-state index in [2.05, 4.69) is 9.98 Å². The third kappa shape index (κ3) is 2.85. The van der Waals surface area contributed by atoms with Crippen molar-refractivity contribution >= 4 is 35.9 Å². The number of carbonyl (C=O) groups is 2. The third-order valence-corrected chi connectivity index (χ3v) is 3.00. The van der Waals surface area contributed by atoms with Crippen LogP contribution >= 0.6 is 0 Å². The Bertz CT molecular complexity index is 716. The summed E-state index contributed by atoms with van der Waals surface area (Å²) in [6.07, 6.45) is 3.28. The quantitative estimate of drug-likeness (QED) is 0.620. The summed E-state index contributed by atoms with van der Waals surface area (Å²) in [5, 5.41) is 0. The fourth-order valence-electron chi connectivity index (χ4n) is 2.04. The van der Waals surface area contributed by atoms with Crippen molar-refractivity contribution in [3.05, 3.63) is 46.8 Å². The predicted molar refractivity (Wildman–Crippen MR) is 80.8 cm³/mol. The summed E-state index contributed by atoms with van der Waals surface area (Å²) in [7, 11) is 0. The second-order valence-corrected chi connectivity index (χ2v) is 4.77. The zero-order chi connectivity index (χ0) is 15.7. The van der Waals surface area contributed by atoms with E-state index < -0.39 is 11.9 Å². The van der Waals surface area contributed by atoms with Crippen molar-refractivity contribution in [3.8, 4) is 0 Å². The predicted octanol–water partition coefficient (Wildman–Crippen LogP) is 2.32. The standard InChI is InChI=1S/C16H12N2O4/c1-9-17-13(15(19)21-9)7-11-3-5-12(6-4-11)8-14-16(20)22-10(2)18-14/h3-8H,1-2H3/b13-7-,14-8+. The van der Waals surface area contributed by atoms with E-state index >= 15 is 0 Å². The molecule has 0 aliphatic carbocycles. The van der Waals surface area contributed by atoms with Gasteiger partial charge in [-0.15, -0.1) is 0 Å². The van der Waals surface area contributed by atoms with Crippen LogP contribution in [0.15, 0.2) is 45.6 Å². The molecule has 0 unspecified atom stereocenters. The highest BCUT2D eigenvalue weighted by Gasteiger charge is 2.20. The van der Waals surface area contributed by atoms with Gasteiger partial charge in [-0.1, -0.05) is 24.3 Å². The Balaban J connectivity index is 1.82. The number of hydrogen-bond acceptors (Lipinski definition) is 6. The number of nitrogens with zero attached hydrogens (tertiary/aromatic N) is 2. The Morgan fingerprint density at radius 2 is 1.14 bits per heavy atom. The van der Waals surface area contributed by atoms with Crippen LogP contribution in [0, 0.1) is 0 Å². The molecule has 22 heavy (non-hydrogen) atoms. The second-order valence-electron chi connectivity index (χ2n) is 4.77. The van der Waals surface area contributed by atoms with E-state index in [9.17, 15) is 9.59 Å². The minimum absolute atomic E-state index is 0.267. The van der Waals surface area contributed by atoms with Gasteiger partial charge < -0.3 is 9.47 Å². The molecule has 1 aromatic rings. The molecule has 0 spiro atoms. The third-order valence-electron chi connectivity index (χ3n) is 3.00. The average Bonchev–Trinajstić information content (AvgIpc) is 2.94. The molecule has 0 saturated carbocycles. The maximum atomic E-state index is 11.5. The smallest absolute Gasteiger partial charge is 0.363 e. The zero-order valence-corrected chi connectivity index (χ0v) is 12.0. The normalized spacial score (nSPS) is 21.0. The molecule has 2 heterocycles. The van der Waals surface area contributed by atoms with Gasteiger partial charge in [0, 0.05) is 13.8 Å². The van der Waals surface area contributed by atoms with Crippen LogP contribution in [0.25, 0.3) is 12.2 Å². The number of aliphatic imine (C=N–C) groups is 2. The van der Waals surface area contributed by atoms with Gasteiger partial charge in [-0.05, 0) is 23.3 Å². The van der Waals surface area contributed by atoms with E-state index in [-0.39, 0.29) is 11.4 Å². The largest absolute Gasteiger partial charge is 0.407 e. The molecule has 0 N–H and O–H groups in total. The van der Waals surface area contributed by atoms with Crippen molar-refractivity contribution in [2.24, 2.45) is 9.98 Å². The average molecular weight is 296 g/mol. The summed E-state index contributed by atoms with van der Waals surface area (Å²) in [5.74, 6) is -0.236. The van der Waals surface area contributed by atoms with Crippen molar-refractivity contribution in [2.45, 2.75) is 13.8 Å². The van der Waals surface area contributed by atoms with Gasteiger partial charge in [0.05, 0.1) is 0 Å². The lowest BCUT2D eigenvalue weighted by Gasteiger charge is -1.97. The fraction of sp³-hybridized carbons (Fsp3) is 0.125. The van der Waals surface area contributed by atoms with E-state index in [1.807, 2.05) is 24.3 Å². The van der Waals surface area contributed by atoms with Gasteiger partial charge in [-0.3, -0.25) is 0 Å². The molecule has 0 atom stereocenters. The summed E-state index contributed by atoms with van der Waals surface area (Å²) in [4.78, 5) is 31.0. The van der Waals surface area contributed by atoms with Crippen LogP contribution in [0.4, 0.5) is 0 Å². The van der Waals surface area contributed by atoms with E-state index in [1.165, 1.54) is 0 Å². The molecule has 0 radical (unpaired) electrons. The fourth-order valence-corrected chi connectivity index (χ4v) is 2.04. The molecule has 0 fully saturated rings. The molecular formula is C16H12N2O4. The summed E-state index contributed by atoms with van der Waals surface area (Å²) in [6.45, 7) is 3.24. The first-order valence-corrected chi connectivity index (χ1v) is 6.60. The van der Waals surface area contributed by atoms with Crippen molar-refractivity contribution in [1.82, 2.24) is 0 Å². The first-order valence-electron chi connectivity index (χ1n) is 6.60. The highest BCUT2D eigenvalue weighted by molar-refractivity contribution is 6.07. The Labute approximate surface area is 126 Å². The summed E-state index contributed by atoms with van der Waals surface area (Å²) in [6, 6.07) is 7.25. The Hall–Kier alpha value is -3.02. The highest BCUT2D eigenvalue weighted by Crippen LogP contribution is 2.18. The van der Waals surface area contributed by atoms with E-state index in [0.29, 0.717) is 11.8 Å². The van der Waals surface area contributed by atoms with Gasteiger partial charge in [-0.2, -0.15) is 0 Å². The maximum absolute atomic E-state index is 11.5. The maximum Gasteiger partial charge on any atom is 0.363 e. The van der Waals surface area contributed by atoms with Crippen LogP contribution in [0.2, 0.25) is 0 Å². The van der Waals surface area contributed by atoms with Gasteiger partial charge in [-0.25, -0.2) is 19.6 Å². The van der Waals surface area contributed by atoms with Crippen LogP contribution in [0.1, 0.15) is 25.0 Å². The number of ether oxygens (including phenoxy) is 2. The van der Waals surface area contributed by atoms with Crippen molar-refractivity contribution in [3.63, 3.8) is 0 Å². The lowest BCUT2D eigenvalue weighted by molar-refractivity contribution is -0.130. The molecule has 0 amide bonds. The Morgan fingerprint density at radius 1 is 0.773 bits per heavy atom. The number of cyclic esters (lactones) is 2. The van der Waals surface area contributed by atoms with Gasteiger partial charge >= 0.3 is 11.9 Å². The molecule has 0 aromatic heterocycles. The molecular weight excluding hydrogens is 284 g/mol. The Morgan fingerprint density at radius 3 is 1.41 bits per heavy atom. The van der Waals surface area contributed by atoms with Gasteiger partial charge in [0.1, 0.15) is 0 Å². The summed E-state index contributed by atoms with van der Waals surface area (Å²) in [5.41, 5.74) is 2.15. The topological polar surface area (TPSA) is 77.3 Å². The molecule has 3 rings (SSSR count). The van der Waals surface area contributed by atoms with E-state index in [4.69, 9.17) is 9.47 Å². The monoisotopic (exact) mass is 296 g/mol. The summed E-state index contributed by atoms with van der Waals surface area (Å²) < 4.78 is 9.69. The number of rotatable bonds is 2. The van der Waals surface area contributed by atoms with Crippen LogP contribution < -0.4 is 0 Å². The van der Waals surface area contributed by atoms with Crippen LogP contribution in [0.5, 0.6) is 0 Å². The summed E-state index contributed by atoms with van der Waals surface area (Å²) >= 11 is 0. The number of hydrogen-bond donors (Lipinski definition) is 0. The number of benzene rings is 1. The molecule has 2 aliphatic rings. The lowest BCUT2D eigenvalue weighted by Crippen LogP contribution is -2.00. The lowest BCUT2D eigenvalue weighted by atomic mass is 10.1. The molecule has 6 heteroatoms. The molecule has 0 saturated heterocycles. The van der Waals surface area contributed by atoms with Gasteiger partial charge in [0.25, 0.3) is 0 Å². The zero-order valence-electron chi connectivity index (χ0n) is 12.0. The molecule has 110 valence electrons.